The van der Waals surface area contributed by atoms with E-state index in [2.05, 4.69) is 10.1 Å². The maximum absolute atomic E-state index is 13.5. The summed E-state index contributed by atoms with van der Waals surface area (Å²) in [6.07, 6.45) is -5.06. The monoisotopic (exact) mass is 366 g/mol. The van der Waals surface area contributed by atoms with E-state index in [9.17, 15) is 18.3 Å². The molecule has 3 aromatic rings. The highest BCUT2D eigenvalue weighted by molar-refractivity contribution is 5.54. The van der Waals surface area contributed by atoms with Crippen LogP contribution in [0.3, 0.4) is 0 Å². The van der Waals surface area contributed by atoms with Crippen LogP contribution in [0.2, 0.25) is 0 Å². The van der Waals surface area contributed by atoms with Crippen molar-refractivity contribution in [1.29, 1.82) is 0 Å². The Morgan fingerprint density at radius 3 is 2.31 bits per heavy atom. The van der Waals surface area contributed by atoms with Crippen molar-refractivity contribution in [1.82, 2.24) is 10.1 Å². The number of rotatable bonds is 5. The average molecular weight is 366 g/mol. The summed E-state index contributed by atoms with van der Waals surface area (Å²) in [7, 11) is 0. The highest BCUT2D eigenvalue weighted by Crippen LogP contribution is 2.42. The molecular formula is C18H17F3N2O3. The van der Waals surface area contributed by atoms with Crippen LogP contribution in [0.4, 0.5) is 13.2 Å². The van der Waals surface area contributed by atoms with E-state index in [1.54, 1.807) is 12.1 Å². The van der Waals surface area contributed by atoms with Gasteiger partial charge in [-0.2, -0.15) is 18.2 Å². The van der Waals surface area contributed by atoms with Crippen molar-refractivity contribution < 1.29 is 27.2 Å². The second kappa shape index (κ2) is 6.60. The van der Waals surface area contributed by atoms with E-state index >= 15 is 0 Å². The second-order valence-electron chi connectivity index (χ2n) is 6.01. The van der Waals surface area contributed by atoms with Gasteiger partial charge in [-0.3, -0.25) is 0 Å². The number of aliphatic hydroxyl groups is 1. The predicted molar refractivity (Wildman–Crippen MR) is 86.2 cm³/mol. The smallest absolute Gasteiger partial charge is 0.425 e. The van der Waals surface area contributed by atoms with E-state index in [1.807, 2.05) is 19.1 Å². The van der Waals surface area contributed by atoms with E-state index in [1.165, 1.54) is 13.0 Å². The van der Waals surface area contributed by atoms with Crippen molar-refractivity contribution in [2.75, 3.05) is 0 Å². The van der Waals surface area contributed by atoms with Crippen LogP contribution in [0.25, 0.3) is 11.4 Å². The van der Waals surface area contributed by atoms with Gasteiger partial charge in [0.05, 0.1) is 6.42 Å². The maximum atomic E-state index is 13.5. The van der Waals surface area contributed by atoms with Crippen LogP contribution in [0.1, 0.15) is 29.9 Å². The zero-order valence-electron chi connectivity index (χ0n) is 14.2. The van der Waals surface area contributed by atoms with Gasteiger partial charge in [-0.05, 0) is 31.0 Å². The summed E-state index contributed by atoms with van der Waals surface area (Å²) in [5.74, 6) is -0.546. The lowest BCUT2D eigenvalue weighted by Crippen LogP contribution is -2.44. The molecule has 0 amide bonds. The van der Waals surface area contributed by atoms with Crippen LogP contribution in [0, 0.1) is 6.92 Å². The number of alkyl halides is 3. The van der Waals surface area contributed by atoms with Gasteiger partial charge in [0.2, 0.25) is 17.3 Å². The predicted octanol–water partition coefficient (Wildman–Crippen LogP) is 4.19. The summed E-state index contributed by atoms with van der Waals surface area (Å²) in [6.45, 7) is 3.50. The summed E-state index contributed by atoms with van der Waals surface area (Å²) in [5.41, 5.74) is -1.53. The zero-order chi connectivity index (χ0) is 18.9. The molecule has 0 saturated heterocycles. The molecule has 2 heterocycles. The standard InChI is InChI=1S/C18H17F3N2O3/c1-3-12-5-7-13(8-6-12)16-22-15(26-23-16)10-17(24,18(19,20)21)14-9-4-11(2)25-14/h4-9,24H,3,10H2,1-2H3/t17-/m0/s1. The quantitative estimate of drug-likeness (QED) is 0.733. The molecular weight excluding hydrogens is 349 g/mol. The second-order valence-corrected chi connectivity index (χ2v) is 6.01. The van der Waals surface area contributed by atoms with E-state index in [4.69, 9.17) is 8.94 Å². The van der Waals surface area contributed by atoms with Crippen molar-refractivity contribution in [3.8, 4) is 11.4 Å². The summed E-state index contributed by atoms with van der Waals surface area (Å²) in [6, 6.07) is 9.72. The summed E-state index contributed by atoms with van der Waals surface area (Å²) in [5, 5.41) is 14.0. The highest BCUT2D eigenvalue weighted by atomic mass is 19.4. The van der Waals surface area contributed by atoms with Gasteiger partial charge in [0.1, 0.15) is 11.5 Å². The first-order valence-electron chi connectivity index (χ1n) is 8.01. The fourth-order valence-corrected chi connectivity index (χ4v) is 2.54. The molecule has 0 fully saturated rings. The Balaban J connectivity index is 1.90. The Hall–Kier alpha value is -2.61. The Bertz CT molecular complexity index is 884. The van der Waals surface area contributed by atoms with Crippen molar-refractivity contribution in [2.45, 2.75) is 38.5 Å². The number of nitrogens with zero attached hydrogens (tertiary/aromatic N) is 2. The molecule has 0 unspecified atom stereocenters. The third kappa shape index (κ3) is 3.37. The molecule has 2 aromatic heterocycles. The van der Waals surface area contributed by atoms with E-state index < -0.39 is 24.0 Å². The van der Waals surface area contributed by atoms with Crippen LogP contribution < -0.4 is 0 Å². The fourth-order valence-electron chi connectivity index (χ4n) is 2.54. The minimum absolute atomic E-state index is 0.155. The van der Waals surface area contributed by atoms with Crippen molar-refractivity contribution in [3.05, 3.63) is 59.4 Å². The number of benzene rings is 1. The molecule has 1 N–H and O–H groups in total. The van der Waals surface area contributed by atoms with E-state index in [0.29, 0.717) is 5.56 Å². The van der Waals surface area contributed by atoms with Gasteiger partial charge in [-0.1, -0.05) is 36.3 Å². The Kier molecular flexibility index (Phi) is 4.62. The Morgan fingerprint density at radius 2 is 1.77 bits per heavy atom. The number of hydrogen-bond acceptors (Lipinski definition) is 5. The van der Waals surface area contributed by atoms with Crippen LogP contribution in [0.5, 0.6) is 0 Å². The normalized spacial score (nSPS) is 14.4. The molecule has 0 saturated carbocycles. The molecule has 0 spiro atoms. The molecule has 138 valence electrons. The van der Waals surface area contributed by atoms with Gasteiger partial charge in [-0.15, -0.1) is 0 Å². The van der Waals surface area contributed by atoms with Gasteiger partial charge >= 0.3 is 6.18 Å². The first kappa shape index (κ1) is 18.2. The Labute approximate surface area is 147 Å². The summed E-state index contributed by atoms with van der Waals surface area (Å²) < 4.78 is 50.4. The third-order valence-corrected chi connectivity index (χ3v) is 4.11. The molecule has 5 nitrogen and oxygen atoms in total. The number of furan rings is 1. The number of halogens is 3. The van der Waals surface area contributed by atoms with Gasteiger partial charge < -0.3 is 14.0 Å². The molecule has 1 atom stereocenters. The maximum Gasteiger partial charge on any atom is 0.425 e. The van der Waals surface area contributed by atoms with Crippen molar-refractivity contribution >= 4 is 0 Å². The minimum Gasteiger partial charge on any atom is -0.463 e. The third-order valence-electron chi connectivity index (χ3n) is 4.11. The van der Waals surface area contributed by atoms with Crippen molar-refractivity contribution in [2.24, 2.45) is 0 Å². The molecule has 0 aliphatic heterocycles. The largest absolute Gasteiger partial charge is 0.463 e. The minimum atomic E-state index is -4.98. The van der Waals surface area contributed by atoms with Gasteiger partial charge in [-0.25, -0.2) is 0 Å². The van der Waals surface area contributed by atoms with E-state index in [0.717, 1.165) is 18.1 Å². The molecule has 8 heteroatoms. The topological polar surface area (TPSA) is 72.3 Å². The van der Waals surface area contributed by atoms with Crippen LogP contribution in [-0.2, 0) is 18.4 Å². The highest BCUT2D eigenvalue weighted by Gasteiger charge is 2.58. The van der Waals surface area contributed by atoms with E-state index in [-0.39, 0.29) is 17.5 Å². The lowest BCUT2D eigenvalue weighted by Gasteiger charge is -2.27. The molecule has 0 aliphatic carbocycles. The van der Waals surface area contributed by atoms with Gasteiger partial charge in [0.15, 0.2) is 0 Å². The van der Waals surface area contributed by atoms with Crippen LogP contribution in [-0.4, -0.2) is 21.4 Å². The van der Waals surface area contributed by atoms with Gasteiger partial charge in [0, 0.05) is 5.56 Å². The Morgan fingerprint density at radius 1 is 1.08 bits per heavy atom. The van der Waals surface area contributed by atoms with Gasteiger partial charge in [0.25, 0.3) is 0 Å². The summed E-state index contributed by atoms with van der Waals surface area (Å²) in [4.78, 5) is 3.99. The summed E-state index contributed by atoms with van der Waals surface area (Å²) >= 11 is 0. The first-order valence-corrected chi connectivity index (χ1v) is 8.01. The molecule has 1 aromatic carbocycles. The lowest BCUT2D eigenvalue weighted by molar-refractivity contribution is -0.273. The fraction of sp³-hybridized carbons (Fsp3) is 0.333. The van der Waals surface area contributed by atoms with Crippen LogP contribution >= 0.6 is 0 Å². The molecule has 26 heavy (non-hydrogen) atoms. The average Bonchev–Trinajstić information content (AvgIpc) is 3.23. The lowest BCUT2D eigenvalue weighted by atomic mass is 9.95. The SMILES string of the molecule is CCc1ccc(-c2noc(C[C@](O)(c3ccc(C)o3)C(F)(F)F)n2)cc1. The number of aromatic nitrogens is 2. The molecule has 3 rings (SSSR count). The molecule has 0 aliphatic rings. The first-order chi connectivity index (χ1) is 12.2. The zero-order valence-corrected chi connectivity index (χ0v) is 14.2. The van der Waals surface area contributed by atoms with Crippen molar-refractivity contribution in [3.63, 3.8) is 0 Å². The number of hydrogen-bond donors (Lipinski definition) is 1. The molecule has 0 radical (unpaired) electrons. The molecule has 0 bridgehead atoms. The number of aryl methyl sites for hydroxylation is 2. The van der Waals surface area contributed by atoms with Crippen LogP contribution in [0.15, 0.2) is 45.3 Å².